The van der Waals surface area contributed by atoms with Crippen LogP contribution in [0.3, 0.4) is 0 Å². The van der Waals surface area contributed by atoms with Gasteiger partial charge in [0.15, 0.2) is 0 Å². The molecule has 2 aliphatic rings. The van der Waals surface area contributed by atoms with E-state index in [1.54, 1.807) is 21.9 Å². The van der Waals surface area contributed by atoms with Crippen molar-refractivity contribution >= 4 is 35.0 Å². The molecule has 33 heavy (non-hydrogen) atoms. The maximum absolute atomic E-state index is 13.5. The third kappa shape index (κ3) is 4.64. The second-order valence-corrected chi connectivity index (χ2v) is 8.75. The van der Waals surface area contributed by atoms with Gasteiger partial charge in [-0.25, -0.2) is 4.39 Å². The fourth-order valence-corrected chi connectivity index (χ4v) is 4.86. The summed E-state index contributed by atoms with van der Waals surface area (Å²) in [7, 11) is 0. The molecule has 0 atom stereocenters. The van der Waals surface area contributed by atoms with Gasteiger partial charge in [-0.1, -0.05) is 29.5 Å². The van der Waals surface area contributed by atoms with Crippen LogP contribution >= 0.6 is 11.8 Å². The van der Waals surface area contributed by atoms with Crippen molar-refractivity contribution in [3.05, 3.63) is 81.5 Å². The van der Waals surface area contributed by atoms with Gasteiger partial charge in [-0.3, -0.25) is 9.59 Å². The molecule has 1 saturated heterocycles. The first-order chi connectivity index (χ1) is 15.9. The molecule has 0 radical (unpaired) electrons. The highest BCUT2D eigenvalue weighted by molar-refractivity contribution is 8.06. The topological polar surface area (TPSA) is 67.6 Å². The lowest BCUT2D eigenvalue weighted by molar-refractivity contribution is -0.136. The van der Waals surface area contributed by atoms with Gasteiger partial charge in [0.05, 0.1) is 5.70 Å². The average Bonchev–Trinajstić information content (AvgIpc) is 3.25. The number of hydrogen-bond donors (Lipinski definition) is 0. The average molecular weight is 463 g/mol. The fourth-order valence-electron chi connectivity index (χ4n) is 3.83. The monoisotopic (exact) mass is 462 g/mol. The highest BCUT2D eigenvalue weighted by Crippen LogP contribution is 2.44. The molecule has 0 aromatic heterocycles. The van der Waals surface area contributed by atoms with Crippen molar-refractivity contribution < 1.29 is 14.0 Å². The third-order valence-corrected chi connectivity index (χ3v) is 6.66. The van der Waals surface area contributed by atoms with E-state index in [1.807, 2.05) is 41.5 Å². The molecule has 1 fully saturated rings. The number of halogens is 1. The fraction of sp³-hybridized carbons (Fsp3) is 0.240. The summed E-state index contributed by atoms with van der Waals surface area (Å²) in [6.07, 6.45) is 0. The van der Waals surface area contributed by atoms with Crippen molar-refractivity contribution in [2.75, 3.05) is 31.1 Å². The summed E-state index contributed by atoms with van der Waals surface area (Å²) >= 11 is 1.30. The van der Waals surface area contributed by atoms with Gasteiger partial charge in [0.1, 0.15) is 22.5 Å². The molecule has 0 N–H and O–H groups in total. The molecule has 6 nitrogen and oxygen atoms in total. The Kier molecular flexibility index (Phi) is 6.52. The summed E-state index contributed by atoms with van der Waals surface area (Å²) in [4.78, 5) is 30.1. The molecule has 4 rings (SSSR count). The summed E-state index contributed by atoms with van der Waals surface area (Å²) in [6, 6.07) is 16.1. The molecule has 2 aromatic rings. The first kappa shape index (κ1) is 22.6. The van der Waals surface area contributed by atoms with Crippen molar-refractivity contribution in [2.24, 2.45) is 0 Å². The predicted molar refractivity (Wildman–Crippen MR) is 127 cm³/mol. The Labute approximate surface area is 196 Å². The van der Waals surface area contributed by atoms with Crippen LogP contribution in [0.5, 0.6) is 0 Å². The van der Waals surface area contributed by atoms with E-state index in [4.69, 9.17) is 0 Å². The van der Waals surface area contributed by atoms with Gasteiger partial charge in [0, 0.05) is 44.2 Å². The number of rotatable bonds is 3. The van der Waals surface area contributed by atoms with E-state index >= 15 is 0 Å². The van der Waals surface area contributed by atoms with Crippen molar-refractivity contribution in [1.29, 1.82) is 5.26 Å². The number of carbonyl (C=O) groups excluding carboxylic acids is 2. The van der Waals surface area contributed by atoms with Crippen LogP contribution in [0.25, 0.3) is 5.70 Å². The number of piperazine rings is 1. The number of aryl methyl sites for hydroxylation is 1. The number of amides is 2. The van der Waals surface area contributed by atoms with Gasteiger partial charge in [0.2, 0.25) is 5.91 Å². The Morgan fingerprint density at radius 2 is 1.58 bits per heavy atom. The number of carbonyl (C=O) groups is 2. The summed E-state index contributed by atoms with van der Waals surface area (Å²) in [5.74, 6) is -0.708. The number of anilines is 1. The minimum Gasteiger partial charge on any atom is -0.339 e. The van der Waals surface area contributed by atoms with Crippen LogP contribution in [0.4, 0.5) is 10.1 Å². The van der Waals surface area contributed by atoms with Crippen molar-refractivity contribution in [3.8, 4) is 6.07 Å². The van der Waals surface area contributed by atoms with Gasteiger partial charge in [0.25, 0.3) is 5.91 Å². The highest BCUT2D eigenvalue weighted by atomic mass is 32.2. The highest BCUT2D eigenvalue weighted by Gasteiger charge is 2.33. The number of nitrogens with zero attached hydrogens (tertiary/aromatic N) is 4. The van der Waals surface area contributed by atoms with Crippen molar-refractivity contribution in [1.82, 2.24) is 9.80 Å². The Morgan fingerprint density at radius 1 is 0.970 bits per heavy atom. The number of thioether (sulfide) groups is 1. The van der Waals surface area contributed by atoms with Crippen LogP contribution in [0.2, 0.25) is 0 Å². The second kappa shape index (κ2) is 9.51. The van der Waals surface area contributed by atoms with Gasteiger partial charge in [-0.15, -0.1) is 0 Å². The Morgan fingerprint density at radius 3 is 2.15 bits per heavy atom. The van der Waals surface area contributed by atoms with E-state index in [-0.39, 0.29) is 23.2 Å². The van der Waals surface area contributed by atoms with E-state index in [0.717, 1.165) is 22.5 Å². The summed E-state index contributed by atoms with van der Waals surface area (Å²) < 4.78 is 13.5. The van der Waals surface area contributed by atoms with E-state index in [1.165, 1.54) is 30.8 Å². The SMILES string of the molecule is CC(=O)N1CCN(C(=O)/C(C#N)=C2\SC=C(c3ccc(F)cc3)N2c2ccc(C)cc2)CC1. The number of nitriles is 1. The normalized spacial score (nSPS) is 17.5. The molecule has 2 aliphatic heterocycles. The lowest BCUT2D eigenvalue weighted by Crippen LogP contribution is -2.50. The molecular weight excluding hydrogens is 439 g/mol. The largest absolute Gasteiger partial charge is 0.339 e. The van der Waals surface area contributed by atoms with Gasteiger partial charge < -0.3 is 14.7 Å². The van der Waals surface area contributed by atoms with E-state index in [2.05, 4.69) is 6.07 Å². The van der Waals surface area contributed by atoms with E-state index in [0.29, 0.717) is 31.2 Å². The summed E-state index contributed by atoms with van der Waals surface area (Å²) in [6.45, 7) is 5.15. The quantitative estimate of drug-likeness (QED) is 0.507. The van der Waals surface area contributed by atoms with Crippen LogP contribution < -0.4 is 4.90 Å². The molecule has 2 amide bonds. The molecule has 2 heterocycles. The maximum atomic E-state index is 13.5. The van der Waals surface area contributed by atoms with Gasteiger partial charge in [-0.2, -0.15) is 5.26 Å². The number of benzene rings is 2. The smallest absolute Gasteiger partial charge is 0.267 e. The first-order valence-corrected chi connectivity index (χ1v) is 11.5. The maximum Gasteiger partial charge on any atom is 0.267 e. The lowest BCUT2D eigenvalue weighted by atomic mass is 10.1. The Balaban J connectivity index is 1.71. The Bertz CT molecular complexity index is 1170. The molecule has 0 bridgehead atoms. The van der Waals surface area contributed by atoms with Crippen LogP contribution in [0, 0.1) is 24.1 Å². The van der Waals surface area contributed by atoms with Crippen molar-refractivity contribution in [3.63, 3.8) is 0 Å². The molecule has 0 unspecified atom stereocenters. The van der Waals surface area contributed by atoms with E-state index in [9.17, 15) is 19.2 Å². The minimum absolute atomic E-state index is 0.0222. The Hall–Kier alpha value is -3.57. The van der Waals surface area contributed by atoms with Gasteiger partial charge in [-0.05, 0) is 48.9 Å². The molecule has 168 valence electrons. The predicted octanol–water partition coefficient (Wildman–Crippen LogP) is 4.11. The zero-order valence-electron chi connectivity index (χ0n) is 18.4. The second-order valence-electron chi connectivity index (χ2n) is 7.89. The zero-order valence-corrected chi connectivity index (χ0v) is 19.2. The van der Waals surface area contributed by atoms with Crippen LogP contribution in [0.1, 0.15) is 18.1 Å². The first-order valence-electron chi connectivity index (χ1n) is 10.6. The summed E-state index contributed by atoms with van der Waals surface area (Å²) in [5.41, 5.74) is 3.48. The molecule has 0 aliphatic carbocycles. The van der Waals surface area contributed by atoms with Gasteiger partial charge >= 0.3 is 0 Å². The molecule has 8 heteroatoms. The summed E-state index contributed by atoms with van der Waals surface area (Å²) in [5, 5.41) is 12.4. The molecule has 2 aromatic carbocycles. The van der Waals surface area contributed by atoms with Crippen LogP contribution in [0.15, 0.2) is 64.5 Å². The van der Waals surface area contributed by atoms with Crippen LogP contribution in [-0.4, -0.2) is 47.8 Å². The minimum atomic E-state index is -0.353. The zero-order chi connectivity index (χ0) is 23.5. The van der Waals surface area contributed by atoms with E-state index < -0.39 is 0 Å². The third-order valence-electron chi connectivity index (χ3n) is 5.71. The molecular formula is C25H23FN4O2S. The molecule has 0 saturated carbocycles. The standard InChI is InChI=1S/C25H23FN4O2S/c1-17-3-9-21(10-4-17)30-23(19-5-7-20(26)8-6-19)16-33-25(30)22(15-27)24(32)29-13-11-28(12-14-29)18(2)31/h3-10,16H,11-14H2,1-2H3/b25-22-. The lowest BCUT2D eigenvalue weighted by Gasteiger charge is -2.34. The molecule has 0 spiro atoms. The van der Waals surface area contributed by atoms with Crippen LogP contribution in [-0.2, 0) is 9.59 Å². The van der Waals surface area contributed by atoms with Crippen molar-refractivity contribution in [2.45, 2.75) is 13.8 Å². The number of hydrogen-bond acceptors (Lipinski definition) is 5.